The lowest BCUT2D eigenvalue weighted by atomic mass is 9.88. The predicted octanol–water partition coefficient (Wildman–Crippen LogP) is 4.92. The Kier molecular flexibility index (Phi) is 3.32. The molecule has 1 heterocycles. The van der Waals surface area contributed by atoms with Crippen LogP contribution in [0, 0.1) is 0 Å². The molecular formula is C17H15ClN2S. The zero-order chi connectivity index (χ0) is 14.2. The molecule has 4 rings (SSSR count). The molecule has 1 aliphatic carbocycles. The highest BCUT2D eigenvalue weighted by atomic mass is 35.5. The third-order valence-electron chi connectivity index (χ3n) is 4.02. The number of hydrogen-bond acceptors (Lipinski definition) is 3. The standard InChI is InChI=1S/C17H15ClN2S/c18-13-6-8-16-15(10-13)20-17(21-16)19-14-7-5-11-3-1-2-4-12(11)9-14/h1-4,6,8,10,14H,5,7,9H2,(H,19,20). The first-order valence-corrected chi connectivity index (χ1v) is 8.37. The van der Waals surface area contributed by atoms with Gasteiger partial charge in [0, 0.05) is 11.1 Å². The fourth-order valence-corrected chi connectivity index (χ4v) is 4.05. The molecule has 2 aromatic carbocycles. The molecule has 4 heteroatoms. The Hall–Kier alpha value is -1.58. The van der Waals surface area contributed by atoms with Crippen LogP contribution in [-0.4, -0.2) is 11.0 Å². The van der Waals surface area contributed by atoms with E-state index in [2.05, 4.69) is 34.6 Å². The third kappa shape index (κ3) is 2.63. The van der Waals surface area contributed by atoms with E-state index in [4.69, 9.17) is 11.6 Å². The number of fused-ring (bicyclic) bond motifs is 2. The molecule has 0 amide bonds. The van der Waals surface area contributed by atoms with Gasteiger partial charge in [-0.15, -0.1) is 0 Å². The third-order valence-corrected chi connectivity index (χ3v) is 5.23. The zero-order valence-electron chi connectivity index (χ0n) is 11.5. The lowest BCUT2D eigenvalue weighted by Crippen LogP contribution is -2.27. The summed E-state index contributed by atoms with van der Waals surface area (Å²) in [6.07, 6.45) is 3.38. The molecule has 3 aromatic rings. The molecule has 1 unspecified atom stereocenters. The molecule has 0 fully saturated rings. The maximum Gasteiger partial charge on any atom is 0.184 e. The van der Waals surface area contributed by atoms with Crippen molar-refractivity contribution < 1.29 is 0 Å². The fraction of sp³-hybridized carbons (Fsp3) is 0.235. The van der Waals surface area contributed by atoms with Gasteiger partial charge >= 0.3 is 0 Å². The summed E-state index contributed by atoms with van der Waals surface area (Å²) in [5, 5.41) is 5.33. The maximum absolute atomic E-state index is 6.02. The van der Waals surface area contributed by atoms with E-state index < -0.39 is 0 Å². The number of anilines is 1. The molecule has 1 aliphatic rings. The quantitative estimate of drug-likeness (QED) is 0.726. The Balaban J connectivity index is 1.55. The second kappa shape index (κ2) is 5.32. The van der Waals surface area contributed by atoms with Crippen molar-refractivity contribution in [2.45, 2.75) is 25.3 Å². The first-order valence-electron chi connectivity index (χ1n) is 7.17. The van der Waals surface area contributed by atoms with Gasteiger partial charge in [-0.3, -0.25) is 0 Å². The van der Waals surface area contributed by atoms with Crippen LogP contribution in [0.2, 0.25) is 5.02 Å². The van der Waals surface area contributed by atoms with Crippen molar-refractivity contribution in [3.05, 3.63) is 58.6 Å². The van der Waals surface area contributed by atoms with Crippen LogP contribution in [0.5, 0.6) is 0 Å². The van der Waals surface area contributed by atoms with Crippen LogP contribution in [-0.2, 0) is 12.8 Å². The molecule has 1 aromatic heterocycles. The summed E-state index contributed by atoms with van der Waals surface area (Å²) in [6.45, 7) is 0. The second-order valence-electron chi connectivity index (χ2n) is 5.48. The van der Waals surface area contributed by atoms with Gasteiger partial charge in [0.05, 0.1) is 10.2 Å². The second-order valence-corrected chi connectivity index (χ2v) is 6.95. The molecular weight excluding hydrogens is 300 g/mol. The fourth-order valence-electron chi connectivity index (χ4n) is 2.96. The zero-order valence-corrected chi connectivity index (χ0v) is 13.0. The van der Waals surface area contributed by atoms with Gasteiger partial charge in [-0.05, 0) is 48.6 Å². The SMILES string of the molecule is Clc1ccc2sc(NC3CCc4ccccc4C3)nc2c1. The van der Waals surface area contributed by atoms with E-state index in [-0.39, 0.29) is 0 Å². The molecule has 1 N–H and O–H groups in total. The Morgan fingerprint density at radius 3 is 2.90 bits per heavy atom. The highest BCUT2D eigenvalue weighted by Gasteiger charge is 2.19. The number of halogens is 1. The first-order chi connectivity index (χ1) is 10.3. The van der Waals surface area contributed by atoms with E-state index >= 15 is 0 Å². The molecule has 2 nitrogen and oxygen atoms in total. The van der Waals surface area contributed by atoms with Gasteiger partial charge in [0.15, 0.2) is 5.13 Å². The number of rotatable bonds is 2. The van der Waals surface area contributed by atoms with Gasteiger partial charge in [0.1, 0.15) is 0 Å². The number of aryl methyl sites for hydroxylation is 1. The molecule has 0 radical (unpaired) electrons. The number of nitrogens with zero attached hydrogens (tertiary/aromatic N) is 1. The monoisotopic (exact) mass is 314 g/mol. The van der Waals surface area contributed by atoms with Gasteiger partial charge in [-0.1, -0.05) is 47.2 Å². The first kappa shape index (κ1) is 13.1. The summed E-state index contributed by atoms with van der Waals surface area (Å²) in [4.78, 5) is 4.65. The van der Waals surface area contributed by atoms with E-state index in [0.717, 1.165) is 34.9 Å². The number of hydrogen-bond donors (Lipinski definition) is 1. The van der Waals surface area contributed by atoms with Crippen molar-refractivity contribution >= 4 is 38.3 Å². The lowest BCUT2D eigenvalue weighted by Gasteiger charge is -2.25. The average molecular weight is 315 g/mol. The normalized spacial score (nSPS) is 17.7. The molecule has 106 valence electrons. The Morgan fingerprint density at radius 2 is 2.00 bits per heavy atom. The summed E-state index contributed by atoms with van der Waals surface area (Å²) in [5.41, 5.74) is 3.93. The summed E-state index contributed by atoms with van der Waals surface area (Å²) < 4.78 is 1.18. The van der Waals surface area contributed by atoms with Crippen LogP contribution in [0.4, 0.5) is 5.13 Å². The smallest absolute Gasteiger partial charge is 0.184 e. The van der Waals surface area contributed by atoms with Gasteiger partial charge in [0.2, 0.25) is 0 Å². The van der Waals surface area contributed by atoms with Gasteiger partial charge in [-0.25, -0.2) is 4.98 Å². The van der Waals surface area contributed by atoms with Crippen LogP contribution >= 0.6 is 22.9 Å². The summed E-state index contributed by atoms with van der Waals surface area (Å²) in [7, 11) is 0. The van der Waals surface area contributed by atoms with Crippen LogP contribution in [0.3, 0.4) is 0 Å². The molecule has 0 bridgehead atoms. The number of benzene rings is 2. The molecule has 21 heavy (non-hydrogen) atoms. The number of aromatic nitrogens is 1. The molecule has 0 aliphatic heterocycles. The lowest BCUT2D eigenvalue weighted by molar-refractivity contribution is 0.610. The van der Waals surface area contributed by atoms with E-state index in [1.807, 2.05) is 18.2 Å². The van der Waals surface area contributed by atoms with Crippen molar-refractivity contribution in [2.24, 2.45) is 0 Å². The minimum absolute atomic E-state index is 0.468. The van der Waals surface area contributed by atoms with Crippen molar-refractivity contribution in [2.75, 3.05) is 5.32 Å². The molecule has 0 saturated heterocycles. The molecule has 1 atom stereocenters. The Labute approximate surface area is 132 Å². The summed E-state index contributed by atoms with van der Waals surface area (Å²) in [6, 6.07) is 15.1. The largest absolute Gasteiger partial charge is 0.358 e. The van der Waals surface area contributed by atoms with E-state index in [0.29, 0.717) is 6.04 Å². The Morgan fingerprint density at radius 1 is 1.14 bits per heavy atom. The highest BCUT2D eigenvalue weighted by Crippen LogP contribution is 2.30. The van der Waals surface area contributed by atoms with E-state index in [9.17, 15) is 0 Å². The van der Waals surface area contributed by atoms with Gasteiger partial charge in [0.25, 0.3) is 0 Å². The van der Waals surface area contributed by atoms with Crippen LogP contribution in [0.25, 0.3) is 10.2 Å². The van der Waals surface area contributed by atoms with Crippen LogP contribution in [0.15, 0.2) is 42.5 Å². The van der Waals surface area contributed by atoms with Crippen LogP contribution in [0.1, 0.15) is 17.5 Å². The van der Waals surface area contributed by atoms with Gasteiger partial charge < -0.3 is 5.32 Å². The average Bonchev–Trinajstić information content (AvgIpc) is 2.88. The van der Waals surface area contributed by atoms with Crippen molar-refractivity contribution in [1.29, 1.82) is 0 Å². The molecule has 0 saturated carbocycles. The number of thiazole rings is 1. The number of nitrogens with one attached hydrogen (secondary N) is 1. The van der Waals surface area contributed by atoms with E-state index in [1.165, 1.54) is 15.8 Å². The van der Waals surface area contributed by atoms with Crippen molar-refractivity contribution in [3.8, 4) is 0 Å². The Bertz CT molecular complexity index is 796. The predicted molar refractivity (Wildman–Crippen MR) is 90.5 cm³/mol. The summed E-state index contributed by atoms with van der Waals surface area (Å²) in [5.74, 6) is 0. The van der Waals surface area contributed by atoms with Crippen molar-refractivity contribution in [1.82, 2.24) is 4.98 Å². The van der Waals surface area contributed by atoms with Crippen LogP contribution < -0.4 is 5.32 Å². The minimum Gasteiger partial charge on any atom is -0.358 e. The van der Waals surface area contributed by atoms with E-state index in [1.54, 1.807) is 11.3 Å². The van der Waals surface area contributed by atoms with Gasteiger partial charge in [-0.2, -0.15) is 0 Å². The summed E-state index contributed by atoms with van der Waals surface area (Å²) >= 11 is 7.72. The maximum atomic E-state index is 6.02. The van der Waals surface area contributed by atoms with Crippen molar-refractivity contribution in [3.63, 3.8) is 0 Å². The highest BCUT2D eigenvalue weighted by molar-refractivity contribution is 7.22. The minimum atomic E-state index is 0.468. The topological polar surface area (TPSA) is 24.9 Å². The molecule has 0 spiro atoms.